The summed E-state index contributed by atoms with van der Waals surface area (Å²) >= 11 is 0. The number of hydrogen-bond donors (Lipinski definition) is 0. The summed E-state index contributed by atoms with van der Waals surface area (Å²) in [6.45, 7) is 11.6. The first-order chi connectivity index (χ1) is 14.2. The monoisotopic (exact) mass is 402 g/mol. The number of carbonyl (C=O) groups excluding carboxylic acids is 2. The van der Waals surface area contributed by atoms with Crippen LogP contribution in [-0.2, 0) is 0 Å². The van der Waals surface area contributed by atoms with Crippen molar-refractivity contribution in [1.82, 2.24) is 0 Å². The Kier molecular flexibility index (Phi) is 6.06. The zero-order valence-corrected chi connectivity index (χ0v) is 18.3. The third kappa shape index (κ3) is 4.60. The Labute approximate surface area is 177 Å². The molecule has 0 unspecified atom stereocenters. The predicted molar refractivity (Wildman–Crippen MR) is 118 cm³/mol. The van der Waals surface area contributed by atoms with Crippen molar-refractivity contribution >= 4 is 11.9 Å². The van der Waals surface area contributed by atoms with Crippen molar-refractivity contribution in [2.24, 2.45) is 0 Å². The minimum atomic E-state index is -0.512. The highest BCUT2D eigenvalue weighted by Gasteiger charge is 2.17. The summed E-state index contributed by atoms with van der Waals surface area (Å²) in [6, 6.07) is 14.3. The smallest absolute Gasteiger partial charge is 0.343 e. The van der Waals surface area contributed by atoms with Crippen molar-refractivity contribution < 1.29 is 19.1 Å². The Balaban J connectivity index is 1.82. The number of benzene rings is 3. The van der Waals surface area contributed by atoms with Crippen molar-refractivity contribution in [3.8, 4) is 11.5 Å². The summed E-state index contributed by atoms with van der Waals surface area (Å²) in [6.07, 6.45) is 0. The second-order valence-electron chi connectivity index (χ2n) is 7.82. The number of rotatable bonds is 4. The number of esters is 2. The van der Waals surface area contributed by atoms with E-state index in [2.05, 4.69) is 0 Å². The van der Waals surface area contributed by atoms with Crippen LogP contribution in [-0.4, -0.2) is 11.9 Å². The molecule has 0 bridgehead atoms. The molecule has 0 fully saturated rings. The molecule has 0 atom stereocenters. The molecule has 0 amide bonds. The summed E-state index contributed by atoms with van der Waals surface area (Å²) in [5.41, 5.74) is 6.36. The molecular weight excluding hydrogens is 376 g/mol. The van der Waals surface area contributed by atoms with Crippen LogP contribution in [0.15, 0.2) is 48.5 Å². The Morgan fingerprint density at radius 3 is 1.23 bits per heavy atom. The summed E-state index contributed by atoms with van der Waals surface area (Å²) in [5.74, 6) is 0.0683. The average molecular weight is 402 g/mol. The molecule has 154 valence electrons. The van der Waals surface area contributed by atoms with Crippen LogP contribution in [0.5, 0.6) is 11.5 Å². The van der Waals surface area contributed by atoms with Crippen LogP contribution in [0, 0.1) is 41.5 Å². The van der Waals surface area contributed by atoms with Crippen molar-refractivity contribution in [2.75, 3.05) is 0 Å². The number of aryl methyl sites for hydroxylation is 6. The fourth-order valence-electron chi connectivity index (χ4n) is 3.73. The van der Waals surface area contributed by atoms with Crippen molar-refractivity contribution in [2.45, 2.75) is 41.5 Å². The van der Waals surface area contributed by atoms with Crippen LogP contribution in [0.4, 0.5) is 0 Å². The summed E-state index contributed by atoms with van der Waals surface area (Å²) in [5, 5.41) is 0. The fourth-order valence-corrected chi connectivity index (χ4v) is 3.73. The molecule has 0 aliphatic carbocycles. The highest BCUT2D eigenvalue weighted by molar-refractivity contribution is 5.97. The SMILES string of the molecule is Cc1cc(C)c(OC(=O)c2cccc(C(=O)Oc3c(C)cc(C)cc3C)c2)c(C)c1. The minimum absolute atomic E-state index is 0.293. The molecule has 0 aliphatic rings. The van der Waals surface area contributed by atoms with Crippen LogP contribution in [0.1, 0.15) is 54.1 Å². The fraction of sp³-hybridized carbons (Fsp3) is 0.231. The molecule has 0 saturated heterocycles. The van der Waals surface area contributed by atoms with Crippen LogP contribution in [0.3, 0.4) is 0 Å². The normalized spacial score (nSPS) is 10.6. The van der Waals surface area contributed by atoms with Gasteiger partial charge in [0.05, 0.1) is 11.1 Å². The Hall–Kier alpha value is -3.40. The Bertz CT molecular complexity index is 1010. The third-order valence-electron chi connectivity index (χ3n) is 4.93. The molecule has 0 N–H and O–H groups in total. The van der Waals surface area contributed by atoms with Gasteiger partial charge in [0.2, 0.25) is 0 Å². The van der Waals surface area contributed by atoms with Gasteiger partial charge in [0.15, 0.2) is 0 Å². The molecule has 3 aromatic rings. The van der Waals surface area contributed by atoms with Gasteiger partial charge in [0, 0.05) is 0 Å². The van der Waals surface area contributed by atoms with E-state index in [0.29, 0.717) is 22.6 Å². The highest BCUT2D eigenvalue weighted by atomic mass is 16.5. The first kappa shape index (κ1) is 21.3. The second-order valence-corrected chi connectivity index (χ2v) is 7.82. The second kappa shape index (κ2) is 8.54. The van der Waals surface area contributed by atoms with E-state index in [9.17, 15) is 9.59 Å². The zero-order valence-electron chi connectivity index (χ0n) is 18.3. The lowest BCUT2D eigenvalue weighted by Crippen LogP contribution is -2.14. The molecule has 0 aliphatic heterocycles. The Morgan fingerprint density at radius 2 is 0.900 bits per heavy atom. The van der Waals surface area contributed by atoms with Gasteiger partial charge in [0.1, 0.15) is 11.5 Å². The first-order valence-electron chi connectivity index (χ1n) is 9.86. The maximum atomic E-state index is 12.7. The lowest BCUT2D eigenvalue weighted by molar-refractivity contribution is 0.0732. The molecule has 0 saturated carbocycles. The zero-order chi connectivity index (χ0) is 22.0. The quantitative estimate of drug-likeness (QED) is 0.398. The molecule has 0 heterocycles. The van der Waals surface area contributed by atoms with Gasteiger partial charge in [-0.15, -0.1) is 0 Å². The van der Waals surface area contributed by atoms with Gasteiger partial charge in [-0.3, -0.25) is 0 Å². The van der Waals surface area contributed by atoms with Gasteiger partial charge < -0.3 is 9.47 Å². The van der Waals surface area contributed by atoms with Gasteiger partial charge in [-0.2, -0.15) is 0 Å². The summed E-state index contributed by atoms with van der Waals surface area (Å²) < 4.78 is 11.3. The van der Waals surface area contributed by atoms with E-state index in [4.69, 9.17) is 9.47 Å². The lowest BCUT2D eigenvalue weighted by Gasteiger charge is -2.13. The van der Waals surface area contributed by atoms with Gasteiger partial charge in [-0.25, -0.2) is 9.59 Å². The van der Waals surface area contributed by atoms with E-state index >= 15 is 0 Å². The van der Waals surface area contributed by atoms with Crippen molar-refractivity contribution in [3.63, 3.8) is 0 Å². The van der Waals surface area contributed by atoms with E-state index in [0.717, 1.165) is 33.4 Å². The lowest BCUT2D eigenvalue weighted by atomic mass is 10.1. The van der Waals surface area contributed by atoms with Crippen molar-refractivity contribution in [1.29, 1.82) is 0 Å². The highest BCUT2D eigenvalue weighted by Crippen LogP contribution is 2.27. The van der Waals surface area contributed by atoms with Gasteiger partial charge >= 0.3 is 11.9 Å². The van der Waals surface area contributed by atoms with Gasteiger partial charge in [-0.05, 0) is 82.0 Å². The van der Waals surface area contributed by atoms with Gasteiger partial charge in [-0.1, -0.05) is 41.5 Å². The van der Waals surface area contributed by atoms with Crippen molar-refractivity contribution in [3.05, 3.63) is 93.0 Å². The maximum absolute atomic E-state index is 12.7. The van der Waals surface area contributed by atoms with Crippen LogP contribution in [0.2, 0.25) is 0 Å². The van der Waals surface area contributed by atoms with Crippen LogP contribution in [0.25, 0.3) is 0 Å². The molecule has 3 aromatic carbocycles. The molecule has 0 radical (unpaired) electrons. The summed E-state index contributed by atoms with van der Waals surface area (Å²) in [7, 11) is 0. The average Bonchev–Trinajstić information content (AvgIpc) is 2.67. The van der Waals surface area contributed by atoms with E-state index in [1.807, 2.05) is 65.8 Å². The van der Waals surface area contributed by atoms with E-state index in [1.54, 1.807) is 18.2 Å². The third-order valence-corrected chi connectivity index (χ3v) is 4.93. The van der Waals surface area contributed by atoms with Crippen LogP contribution >= 0.6 is 0 Å². The topological polar surface area (TPSA) is 52.6 Å². The molecule has 4 heteroatoms. The predicted octanol–water partition coefficient (Wildman–Crippen LogP) is 5.98. The molecule has 0 spiro atoms. The molecule has 30 heavy (non-hydrogen) atoms. The molecule has 3 rings (SSSR count). The largest absolute Gasteiger partial charge is 0.422 e. The van der Waals surface area contributed by atoms with E-state index in [-0.39, 0.29) is 0 Å². The minimum Gasteiger partial charge on any atom is -0.422 e. The van der Waals surface area contributed by atoms with Crippen LogP contribution < -0.4 is 9.47 Å². The first-order valence-corrected chi connectivity index (χ1v) is 9.86. The van der Waals surface area contributed by atoms with E-state index < -0.39 is 11.9 Å². The molecule has 4 nitrogen and oxygen atoms in total. The standard InChI is InChI=1S/C26H26O4/c1-15-10-17(3)23(18(4)11-15)29-25(27)21-8-7-9-22(14-21)26(28)30-24-19(5)12-16(2)13-20(24)6/h7-14H,1-6H3. The van der Waals surface area contributed by atoms with E-state index in [1.165, 1.54) is 6.07 Å². The number of ether oxygens (including phenoxy) is 2. The molecule has 0 aromatic heterocycles. The number of carbonyl (C=O) groups is 2. The maximum Gasteiger partial charge on any atom is 0.343 e. The number of hydrogen-bond acceptors (Lipinski definition) is 4. The van der Waals surface area contributed by atoms with Gasteiger partial charge in [0.25, 0.3) is 0 Å². The Morgan fingerprint density at radius 1 is 0.567 bits per heavy atom. The summed E-state index contributed by atoms with van der Waals surface area (Å²) in [4.78, 5) is 25.4. The molecular formula is C26H26O4.